The van der Waals surface area contributed by atoms with Crippen LogP contribution in [0.2, 0.25) is 0 Å². The Labute approximate surface area is 287 Å². The molecule has 21 nitrogen and oxygen atoms in total. The van der Waals surface area contributed by atoms with Gasteiger partial charge in [-0.25, -0.2) is 27.4 Å². The molecule has 0 amide bonds. The lowest BCUT2D eigenvalue weighted by Crippen LogP contribution is -2.12. The van der Waals surface area contributed by atoms with Crippen molar-refractivity contribution >= 4 is 88.6 Å². The normalized spacial score (nSPS) is 12.7. The van der Waals surface area contributed by atoms with Crippen LogP contribution in [-0.4, -0.2) is 65.0 Å². The summed E-state index contributed by atoms with van der Waals surface area (Å²) in [6, 6.07) is 9.33. The SMILES string of the molecule is Cc1c(N)c(/N=N/c2ccc(S(=O)(=O)CCOSOOO)cc2)cc(/N=N/c2ccc(S(=O)(=O)CCOSOOO)cc2S(=O)(=O)O)c1N. The van der Waals surface area contributed by atoms with Gasteiger partial charge in [0.1, 0.15) is 22.0 Å². The maximum atomic E-state index is 12.6. The van der Waals surface area contributed by atoms with E-state index in [1.807, 2.05) is 0 Å². The molecular formula is C23H26N6O15S5. The highest BCUT2D eigenvalue weighted by Crippen LogP contribution is 2.39. The summed E-state index contributed by atoms with van der Waals surface area (Å²) in [5.74, 6) is -1.05. The predicted molar refractivity (Wildman–Crippen MR) is 172 cm³/mol. The third-order valence-corrected chi connectivity index (χ3v) is 11.0. The molecule has 0 fully saturated rings. The number of sulfone groups is 2. The van der Waals surface area contributed by atoms with Crippen LogP contribution in [0.5, 0.6) is 0 Å². The van der Waals surface area contributed by atoms with Crippen LogP contribution in [0.4, 0.5) is 34.1 Å². The van der Waals surface area contributed by atoms with E-state index in [1.54, 1.807) is 6.92 Å². The summed E-state index contributed by atoms with van der Waals surface area (Å²) in [6.45, 7) is 0.826. The van der Waals surface area contributed by atoms with Crippen LogP contribution in [0.3, 0.4) is 0 Å². The van der Waals surface area contributed by atoms with Crippen molar-refractivity contribution in [1.82, 2.24) is 0 Å². The van der Waals surface area contributed by atoms with Crippen LogP contribution in [0.1, 0.15) is 5.56 Å². The molecule has 268 valence electrons. The molecule has 0 saturated heterocycles. The van der Waals surface area contributed by atoms with Crippen molar-refractivity contribution in [2.24, 2.45) is 20.5 Å². The molecule has 0 radical (unpaired) electrons. The Bertz CT molecular complexity index is 2000. The standard InChI is InChI=1S/C23H26N6O15S5/c1-14-22(24)19(28-26-15-2-4-16(5-3-15)47(32,33)10-8-39-45-43-41-30)13-20(23(14)25)29-27-18-7-6-17(12-21(18)49(36,37)38)48(34,35)11-9-40-46-44-42-31/h2-7,12-13,30-31H,8-11,24-25H2,1H3,(H,36,37,38)/b28-26+,29-27+. The molecule has 3 aromatic rings. The van der Waals surface area contributed by atoms with Gasteiger partial charge in [0.15, 0.2) is 44.3 Å². The van der Waals surface area contributed by atoms with Gasteiger partial charge in [0, 0.05) is 0 Å². The van der Waals surface area contributed by atoms with E-state index in [2.05, 4.69) is 39.2 Å². The van der Waals surface area contributed by atoms with E-state index in [9.17, 15) is 29.8 Å². The van der Waals surface area contributed by atoms with Gasteiger partial charge in [-0.05, 0) is 61.0 Å². The minimum atomic E-state index is -5.01. The lowest BCUT2D eigenvalue weighted by Gasteiger charge is -2.10. The molecule has 0 spiro atoms. The Hall–Kier alpha value is -3.35. The highest BCUT2D eigenvalue weighted by molar-refractivity contribution is 7.92. The van der Waals surface area contributed by atoms with E-state index in [-0.39, 0.29) is 64.6 Å². The lowest BCUT2D eigenvalue weighted by atomic mass is 10.1. The van der Waals surface area contributed by atoms with Crippen molar-refractivity contribution in [2.75, 3.05) is 36.2 Å². The smallest absolute Gasteiger partial charge is 0.296 e. The highest BCUT2D eigenvalue weighted by atomic mass is 32.2. The molecule has 0 heterocycles. The first-order valence-corrected chi connectivity index (χ1v) is 18.9. The summed E-state index contributed by atoms with van der Waals surface area (Å²) in [5.41, 5.74) is 12.6. The van der Waals surface area contributed by atoms with E-state index in [1.165, 1.54) is 30.3 Å². The number of nitrogens with zero attached hydrogens (tertiary/aromatic N) is 4. The molecule has 3 aromatic carbocycles. The zero-order valence-corrected chi connectivity index (χ0v) is 28.8. The Morgan fingerprint density at radius 1 is 0.673 bits per heavy atom. The largest absolute Gasteiger partial charge is 0.397 e. The zero-order chi connectivity index (χ0) is 36.2. The van der Waals surface area contributed by atoms with Gasteiger partial charge in [0.2, 0.25) is 0 Å². The summed E-state index contributed by atoms with van der Waals surface area (Å²) in [7, 11) is -12.9. The number of anilines is 2. The number of hydrogen-bond donors (Lipinski definition) is 5. The Balaban J connectivity index is 1.84. The second-order valence-corrected chi connectivity index (χ2v) is 15.7. The van der Waals surface area contributed by atoms with Gasteiger partial charge in [-0.3, -0.25) is 12.9 Å². The van der Waals surface area contributed by atoms with E-state index >= 15 is 0 Å². The van der Waals surface area contributed by atoms with Crippen LogP contribution in [0, 0.1) is 6.92 Å². The van der Waals surface area contributed by atoms with Gasteiger partial charge in [0.25, 0.3) is 10.1 Å². The summed E-state index contributed by atoms with van der Waals surface area (Å²) in [4.78, 5) is -1.40. The van der Waals surface area contributed by atoms with Crippen molar-refractivity contribution in [3.8, 4) is 0 Å². The summed E-state index contributed by atoms with van der Waals surface area (Å²) < 4.78 is 102. The second kappa shape index (κ2) is 18.1. The van der Waals surface area contributed by atoms with Crippen LogP contribution >= 0.6 is 24.6 Å². The predicted octanol–water partition coefficient (Wildman–Crippen LogP) is 4.79. The highest BCUT2D eigenvalue weighted by Gasteiger charge is 2.23. The number of rotatable bonds is 19. The maximum Gasteiger partial charge on any atom is 0.296 e. The second-order valence-electron chi connectivity index (χ2n) is 9.07. The molecule has 0 aliphatic heterocycles. The zero-order valence-electron chi connectivity index (χ0n) is 24.7. The molecule has 0 atom stereocenters. The van der Waals surface area contributed by atoms with E-state index in [0.717, 1.165) is 12.1 Å². The Morgan fingerprint density at radius 2 is 1.14 bits per heavy atom. The third-order valence-electron chi connectivity index (χ3n) is 6.02. The molecule has 3 rings (SSSR count). The summed E-state index contributed by atoms with van der Waals surface area (Å²) in [6.07, 6.45) is 0. The first kappa shape index (κ1) is 40.1. The summed E-state index contributed by atoms with van der Waals surface area (Å²) in [5, 5.41) is 38.6. The fraction of sp³-hybridized carbons (Fsp3) is 0.217. The molecule has 7 N–H and O–H groups in total. The molecule has 49 heavy (non-hydrogen) atoms. The third kappa shape index (κ3) is 11.6. The minimum absolute atomic E-state index is 0.0344. The van der Waals surface area contributed by atoms with E-state index in [4.69, 9.17) is 30.3 Å². The lowest BCUT2D eigenvalue weighted by molar-refractivity contribution is -0.434. The van der Waals surface area contributed by atoms with Gasteiger partial charge in [-0.2, -0.15) is 13.5 Å². The molecule has 0 aromatic heterocycles. The topological polar surface area (TPSA) is 320 Å². The van der Waals surface area contributed by atoms with Gasteiger partial charge in [-0.1, -0.05) is 10.1 Å². The number of hydrogen-bond acceptors (Lipinski definition) is 22. The molecule has 26 heteroatoms. The van der Waals surface area contributed by atoms with Gasteiger partial charge < -0.3 is 11.5 Å². The van der Waals surface area contributed by atoms with Gasteiger partial charge in [0.05, 0.1) is 51.6 Å². The van der Waals surface area contributed by atoms with Crippen molar-refractivity contribution in [1.29, 1.82) is 0 Å². The van der Waals surface area contributed by atoms with E-state index < -0.39 is 63.4 Å². The van der Waals surface area contributed by atoms with Crippen molar-refractivity contribution in [3.05, 3.63) is 54.1 Å². The van der Waals surface area contributed by atoms with Gasteiger partial charge >= 0.3 is 0 Å². The monoisotopic (exact) mass is 786 g/mol. The van der Waals surface area contributed by atoms with Crippen LogP contribution < -0.4 is 11.5 Å². The van der Waals surface area contributed by atoms with Crippen LogP contribution in [-0.2, 0) is 56.9 Å². The molecule has 0 bridgehead atoms. The van der Waals surface area contributed by atoms with Crippen molar-refractivity contribution in [3.63, 3.8) is 0 Å². The number of nitrogen functional groups attached to an aromatic ring is 2. The van der Waals surface area contributed by atoms with E-state index in [0.29, 0.717) is 11.6 Å². The van der Waals surface area contributed by atoms with Crippen molar-refractivity contribution in [2.45, 2.75) is 21.6 Å². The number of nitrogens with two attached hydrogens (primary N) is 2. The maximum absolute atomic E-state index is 12.6. The Morgan fingerprint density at radius 3 is 1.65 bits per heavy atom. The summed E-state index contributed by atoms with van der Waals surface area (Å²) >= 11 is 0.393. The van der Waals surface area contributed by atoms with Crippen LogP contribution in [0.25, 0.3) is 0 Å². The molecule has 0 aliphatic carbocycles. The van der Waals surface area contributed by atoms with Crippen LogP contribution in [0.15, 0.2) is 83.7 Å². The molecule has 0 unspecified atom stereocenters. The minimum Gasteiger partial charge on any atom is -0.397 e. The average molecular weight is 787 g/mol. The first-order chi connectivity index (χ1) is 23.1. The molecular weight excluding hydrogens is 761 g/mol. The quantitative estimate of drug-likeness (QED) is 0.0207. The fourth-order valence-corrected chi connectivity index (χ4v) is 7.12. The molecule has 0 aliphatic rings. The van der Waals surface area contributed by atoms with Gasteiger partial charge in [-0.15, -0.1) is 24.0 Å². The number of azo groups is 2. The average Bonchev–Trinajstić information content (AvgIpc) is 3.06. The Kier molecular flexibility index (Phi) is 14.8. The van der Waals surface area contributed by atoms with Crippen molar-refractivity contribution < 1.29 is 67.4 Å². The number of benzene rings is 3. The first-order valence-electron chi connectivity index (χ1n) is 12.8. The fourth-order valence-electron chi connectivity index (χ4n) is 3.55. The molecule has 0 saturated carbocycles.